The lowest BCUT2D eigenvalue weighted by Gasteiger charge is -2.34. The van der Waals surface area contributed by atoms with Crippen LogP contribution >= 0.6 is 11.8 Å². The molecule has 2 N–H and O–H groups in total. The van der Waals surface area contributed by atoms with Gasteiger partial charge in [-0.25, -0.2) is 4.79 Å². The predicted molar refractivity (Wildman–Crippen MR) is 86.8 cm³/mol. The van der Waals surface area contributed by atoms with Crippen molar-refractivity contribution < 1.29 is 14.7 Å². The second-order valence-electron chi connectivity index (χ2n) is 5.78. The molecule has 0 aromatic carbocycles. The number of urea groups is 1. The van der Waals surface area contributed by atoms with Crippen molar-refractivity contribution in [2.75, 3.05) is 25.9 Å². The van der Waals surface area contributed by atoms with E-state index in [4.69, 9.17) is 5.11 Å². The SMILES string of the molecule is CCC(CC)(CNC(=O)N1CCC(CC(=O)O)CC1)SC. The highest BCUT2D eigenvalue weighted by molar-refractivity contribution is 8.00. The summed E-state index contributed by atoms with van der Waals surface area (Å²) in [6.45, 7) is 6.32. The summed E-state index contributed by atoms with van der Waals surface area (Å²) in [6, 6.07) is -0.0101. The van der Waals surface area contributed by atoms with E-state index in [1.165, 1.54) is 0 Å². The molecule has 1 rings (SSSR count). The number of piperidine rings is 1. The third-order valence-electron chi connectivity index (χ3n) is 4.65. The number of carbonyl (C=O) groups excluding carboxylic acids is 1. The number of hydrogen-bond donors (Lipinski definition) is 2. The number of rotatable bonds is 7. The van der Waals surface area contributed by atoms with Gasteiger partial charge in [0.25, 0.3) is 0 Å². The van der Waals surface area contributed by atoms with Crippen molar-refractivity contribution >= 4 is 23.8 Å². The first-order valence-electron chi connectivity index (χ1n) is 7.76. The highest BCUT2D eigenvalue weighted by Gasteiger charge is 2.28. The summed E-state index contributed by atoms with van der Waals surface area (Å²) in [5.74, 6) is -0.531. The summed E-state index contributed by atoms with van der Waals surface area (Å²) in [4.78, 5) is 24.7. The van der Waals surface area contributed by atoms with Gasteiger partial charge in [-0.15, -0.1) is 0 Å². The summed E-state index contributed by atoms with van der Waals surface area (Å²) in [7, 11) is 0. The third-order valence-corrected chi connectivity index (χ3v) is 6.24. The first-order chi connectivity index (χ1) is 9.96. The first-order valence-corrected chi connectivity index (χ1v) is 8.98. The number of carbonyl (C=O) groups is 2. The topological polar surface area (TPSA) is 69.6 Å². The van der Waals surface area contributed by atoms with Crippen LogP contribution in [0.4, 0.5) is 4.79 Å². The molecular weight excluding hydrogens is 288 g/mol. The van der Waals surface area contributed by atoms with Gasteiger partial charge in [0.05, 0.1) is 0 Å². The molecule has 2 amide bonds. The highest BCUT2D eigenvalue weighted by atomic mass is 32.2. The molecule has 6 heteroatoms. The van der Waals surface area contributed by atoms with Gasteiger partial charge in [0, 0.05) is 30.8 Å². The molecule has 122 valence electrons. The Morgan fingerprint density at radius 3 is 2.29 bits per heavy atom. The monoisotopic (exact) mass is 316 g/mol. The Kier molecular flexibility index (Phi) is 7.35. The number of nitrogens with one attached hydrogen (secondary N) is 1. The minimum Gasteiger partial charge on any atom is -0.481 e. The fourth-order valence-corrected chi connectivity index (χ4v) is 3.59. The van der Waals surface area contributed by atoms with E-state index in [2.05, 4.69) is 25.4 Å². The average molecular weight is 316 g/mol. The molecule has 1 saturated heterocycles. The fraction of sp³-hybridized carbons (Fsp3) is 0.867. The molecule has 5 nitrogen and oxygen atoms in total. The Morgan fingerprint density at radius 2 is 1.86 bits per heavy atom. The van der Waals surface area contributed by atoms with Crippen LogP contribution in [0.3, 0.4) is 0 Å². The summed E-state index contributed by atoms with van der Waals surface area (Å²) in [6.07, 6.45) is 5.95. The third kappa shape index (κ3) is 5.41. The molecule has 0 spiro atoms. The number of aliphatic carboxylic acids is 1. The van der Waals surface area contributed by atoms with E-state index in [9.17, 15) is 9.59 Å². The fourth-order valence-electron chi connectivity index (χ4n) is 2.80. The van der Waals surface area contributed by atoms with Crippen LogP contribution in [0.15, 0.2) is 0 Å². The molecule has 0 aromatic rings. The summed E-state index contributed by atoms with van der Waals surface area (Å²) >= 11 is 1.81. The van der Waals surface area contributed by atoms with Crippen LogP contribution in [0, 0.1) is 5.92 Å². The van der Waals surface area contributed by atoms with Crippen LogP contribution in [-0.2, 0) is 4.79 Å². The van der Waals surface area contributed by atoms with E-state index in [0.717, 1.165) is 25.7 Å². The average Bonchev–Trinajstić information content (AvgIpc) is 2.49. The van der Waals surface area contributed by atoms with Crippen LogP contribution in [-0.4, -0.2) is 52.6 Å². The second kappa shape index (κ2) is 8.51. The molecule has 0 aromatic heterocycles. The van der Waals surface area contributed by atoms with Gasteiger partial charge in [-0.1, -0.05) is 13.8 Å². The van der Waals surface area contributed by atoms with Crippen LogP contribution in [0.5, 0.6) is 0 Å². The van der Waals surface area contributed by atoms with Crippen molar-refractivity contribution in [3.8, 4) is 0 Å². The van der Waals surface area contributed by atoms with Gasteiger partial charge >= 0.3 is 12.0 Å². The molecule has 0 aliphatic carbocycles. The zero-order valence-electron chi connectivity index (χ0n) is 13.4. The van der Waals surface area contributed by atoms with E-state index in [0.29, 0.717) is 19.6 Å². The number of hydrogen-bond acceptors (Lipinski definition) is 3. The van der Waals surface area contributed by atoms with Gasteiger partial charge in [0.2, 0.25) is 0 Å². The van der Waals surface area contributed by atoms with Crippen molar-refractivity contribution in [3.05, 3.63) is 0 Å². The van der Waals surface area contributed by atoms with Gasteiger partial charge in [-0.05, 0) is 37.9 Å². The zero-order chi connectivity index (χ0) is 15.9. The van der Waals surface area contributed by atoms with Gasteiger partial charge in [-0.2, -0.15) is 11.8 Å². The van der Waals surface area contributed by atoms with Crippen LogP contribution < -0.4 is 5.32 Å². The molecule has 0 bridgehead atoms. The van der Waals surface area contributed by atoms with Crippen LogP contribution in [0.2, 0.25) is 0 Å². The predicted octanol–water partition coefficient (Wildman–Crippen LogP) is 2.80. The molecular formula is C15H28N2O3S. The largest absolute Gasteiger partial charge is 0.481 e. The minimum absolute atomic E-state index is 0.0101. The second-order valence-corrected chi connectivity index (χ2v) is 7.06. The molecule has 1 aliphatic rings. The number of likely N-dealkylation sites (tertiary alicyclic amines) is 1. The zero-order valence-corrected chi connectivity index (χ0v) is 14.2. The lowest BCUT2D eigenvalue weighted by molar-refractivity contribution is -0.138. The van der Waals surface area contributed by atoms with Gasteiger partial charge in [0.15, 0.2) is 0 Å². The molecule has 0 saturated carbocycles. The Labute approximate surface area is 131 Å². The minimum atomic E-state index is -0.742. The van der Waals surface area contributed by atoms with Gasteiger partial charge < -0.3 is 15.3 Å². The smallest absolute Gasteiger partial charge is 0.317 e. The highest BCUT2D eigenvalue weighted by Crippen LogP contribution is 2.29. The lowest BCUT2D eigenvalue weighted by Crippen LogP contribution is -2.48. The Balaban J connectivity index is 2.39. The molecule has 1 aliphatic heterocycles. The normalized spacial score (nSPS) is 16.8. The van der Waals surface area contributed by atoms with E-state index >= 15 is 0 Å². The van der Waals surface area contributed by atoms with Crippen molar-refractivity contribution in [1.82, 2.24) is 10.2 Å². The summed E-state index contributed by atoms with van der Waals surface area (Å²) in [5, 5.41) is 11.9. The van der Waals surface area contributed by atoms with Gasteiger partial charge in [-0.3, -0.25) is 4.79 Å². The lowest BCUT2D eigenvalue weighted by atomic mass is 9.94. The standard InChI is InChI=1S/C15H28N2O3S/c1-4-15(5-2,21-3)11-16-14(20)17-8-6-12(7-9-17)10-13(18)19/h12H,4-11H2,1-3H3,(H,16,20)(H,18,19). The number of carboxylic acids is 1. The van der Waals surface area contributed by atoms with Crippen LogP contribution in [0.1, 0.15) is 46.0 Å². The van der Waals surface area contributed by atoms with Crippen molar-refractivity contribution in [2.24, 2.45) is 5.92 Å². The van der Waals surface area contributed by atoms with E-state index in [1.54, 1.807) is 0 Å². The van der Waals surface area contributed by atoms with E-state index in [1.807, 2.05) is 16.7 Å². The van der Waals surface area contributed by atoms with Crippen molar-refractivity contribution in [3.63, 3.8) is 0 Å². The maximum absolute atomic E-state index is 12.2. The number of carboxylic acid groups (broad SMARTS) is 1. The number of thioether (sulfide) groups is 1. The van der Waals surface area contributed by atoms with Crippen molar-refractivity contribution in [2.45, 2.75) is 50.7 Å². The van der Waals surface area contributed by atoms with E-state index in [-0.39, 0.29) is 23.1 Å². The summed E-state index contributed by atoms with van der Waals surface area (Å²) < 4.78 is 0.122. The maximum Gasteiger partial charge on any atom is 0.317 e. The van der Waals surface area contributed by atoms with E-state index < -0.39 is 5.97 Å². The van der Waals surface area contributed by atoms with Crippen molar-refractivity contribution in [1.29, 1.82) is 0 Å². The molecule has 21 heavy (non-hydrogen) atoms. The van der Waals surface area contributed by atoms with Gasteiger partial charge in [0.1, 0.15) is 0 Å². The Bertz CT molecular complexity index is 343. The molecule has 1 heterocycles. The van der Waals surface area contributed by atoms with Crippen LogP contribution in [0.25, 0.3) is 0 Å². The summed E-state index contributed by atoms with van der Waals surface area (Å²) in [5.41, 5.74) is 0. The molecule has 0 radical (unpaired) electrons. The first kappa shape index (κ1) is 18.1. The Hall–Kier alpha value is -0.910. The molecule has 1 fully saturated rings. The quantitative estimate of drug-likeness (QED) is 0.758. The Morgan fingerprint density at radius 1 is 1.29 bits per heavy atom. The number of nitrogens with zero attached hydrogens (tertiary/aromatic N) is 1. The molecule has 0 unspecified atom stereocenters. The maximum atomic E-state index is 12.2. The number of amides is 2. The molecule has 0 atom stereocenters.